The molecule has 84 valence electrons. The first-order chi connectivity index (χ1) is 7.45. The molecule has 16 heavy (non-hydrogen) atoms. The van der Waals surface area contributed by atoms with Crippen LogP contribution in [0.1, 0.15) is 16.1 Å². The van der Waals surface area contributed by atoms with Gasteiger partial charge in [-0.05, 0) is 6.07 Å². The minimum atomic E-state index is -4.56. The van der Waals surface area contributed by atoms with Crippen molar-refractivity contribution in [3.05, 3.63) is 34.5 Å². The van der Waals surface area contributed by atoms with Crippen LogP contribution in [-0.2, 0) is 6.18 Å². The molecule has 0 fully saturated rings. The first-order valence-corrected chi connectivity index (χ1v) is 4.65. The standard InChI is InChI=1S/C10H5ClF3NO/c11-8-7-5(4-16)2-1-3-6(7)15-9(8)10(12,13)14/h1-4,15H. The van der Waals surface area contributed by atoms with E-state index in [1.807, 2.05) is 0 Å². The van der Waals surface area contributed by atoms with Crippen LogP contribution < -0.4 is 0 Å². The molecule has 0 saturated heterocycles. The third-order valence-electron chi connectivity index (χ3n) is 2.21. The Morgan fingerprint density at radius 3 is 2.56 bits per heavy atom. The van der Waals surface area contributed by atoms with Crippen molar-refractivity contribution in [2.45, 2.75) is 6.18 Å². The van der Waals surface area contributed by atoms with E-state index in [4.69, 9.17) is 11.6 Å². The molecule has 1 aromatic heterocycles. The Morgan fingerprint density at radius 1 is 1.31 bits per heavy atom. The van der Waals surface area contributed by atoms with E-state index in [0.717, 1.165) is 0 Å². The quantitative estimate of drug-likeness (QED) is 0.767. The van der Waals surface area contributed by atoms with Gasteiger partial charge < -0.3 is 4.98 Å². The topological polar surface area (TPSA) is 32.9 Å². The number of carbonyl (C=O) groups is 1. The molecule has 2 aromatic rings. The van der Waals surface area contributed by atoms with E-state index in [2.05, 4.69) is 4.98 Å². The second-order valence-corrected chi connectivity index (χ2v) is 3.58. The highest BCUT2D eigenvalue weighted by atomic mass is 35.5. The Kier molecular flexibility index (Phi) is 2.42. The summed E-state index contributed by atoms with van der Waals surface area (Å²) in [6.07, 6.45) is -4.08. The summed E-state index contributed by atoms with van der Waals surface area (Å²) in [4.78, 5) is 12.8. The summed E-state index contributed by atoms with van der Waals surface area (Å²) in [5.74, 6) is 0. The van der Waals surface area contributed by atoms with E-state index in [-0.39, 0.29) is 16.5 Å². The molecule has 0 bridgehead atoms. The number of benzene rings is 1. The highest BCUT2D eigenvalue weighted by Crippen LogP contribution is 2.39. The zero-order chi connectivity index (χ0) is 11.9. The molecule has 0 aliphatic carbocycles. The molecule has 0 amide bonds. The second-order valence-electron chi connectivity index (χ2n) is 3.20. The molecule has 2 rings (SSSR count). The maximum Gasteiger partial charge on any atom is 0.432 e. The SMILES string of the molecule is O=Cc1cccc2[nH]c(C(F)(F)F)c(Cl)c12. The number of nitrogens with one attached hydrogen (secondary N) is 1. The number of aromatic nitrogens is 1. The average Bonchev–Trinajstić information content (AvgIpc) is 2.56. The van der Waals surface area contributed by atoms with Crippen LogP contribution in [0.2, 0.25) is 5.02 Å². The summed E-state index contributed by atoms with van der Waals surface area (Å²) in [5.41, 5.74) is -0.699. The van der Waals surface area contributed by atoms with Crippen LogP contribution in [0, 0.1) is 0 Å². The van der Waals surface area contributed by atoms with Crippen molar-refractivity contribution in [2.24, 2.45) is 0 Å². The Hall–Kier alpha value is -1.49. The molecule has 0 aliphatic heterocycles. The van der Waals surface area contributed by atoms with Crippen LogP contribution in [0.25, 0.3) is 10.9 Å². The van der Waals surface area contributed by atoms with Crippen LogP contribution in [0.5, 0.6) is 0 Å². The van der Waals surface area contributed by atoms with Gasteiger partial charge in [-0.25, -0.2) is 0 Å². The summed E-state index contributed by atoms with van der Waals surface area (Å²) in [6.45, 7) is 0. The summed E-state index contributed by atoms with van der Waals surface area (Å²) in [6, 6.07) is 4.33. The summed E-state index contributed by atoms with van der Waals surface area (Å²) < 4.78 is 37.6. The molecular formula is C10H5ClF3NO. The van der Waals surface area contributed by atoms with Crippen molar-refractivity contribution in [1.82, 2.24) is 4.98 Å². The number of rotatable bonds is 1. The van der Waals surface area contributed by atoms with E-state index in [1.54, 1.807) is 0 Å². The van der Waals surface area contributed by atoms with Crippen molar-refractivity contribution < 1.29 is 18.0 Å². The Labute approximate surface area is 93.0 Å². The van der Waals surface area contributed by atoms with Crippen LogP contribution in [-0.4, -0.2) is 11.3 Å². The molecule has 0 atom stereocenters. The van der Waals surface area contributed by atoms with E-state index >= 15 is 0 Å². The number of alkyl halides is 3. The lowest BCUT2D eigenvalue weighted by molar-refractivity contribution is -0.140. The van der Waals surface area contributed by atoms with Crippen molar-refractivity contribution in [3.63, 3.8) is 0 Å². The number of halogens is 4. The van der Waals surface area contributed by atoms with Gasteiger partial charge in [-0.1, -0.05) is 23.7 Å². The fourth-order valence-corrected chi connectivity index (χ4v) is 1.89. The van der Waals surface area contributed by atoms with Crippen molar-refractivity contribution >= 4 is 28.8 Å². The van der Waals surface area contributed by atoms with Gasteiger partial charge in [0.2, 0.25) is 0 Å². The highest BCUT2D eigenvalue weighted by molar-refractivity contribution is 6.37. The lowest BCUT2D eigenvalue weighted by atomic mass is 10.1. The Balaban J connectivity index is 2.84. The molecule has 1 N–H and O–H groups in total. The lowest BCUT2D eigenvalue weighted by Gasteiger charge is -2.03. The number of aromatic amines is 1. The number of H-pyrrole nitrogens is 1. The predicted molar refractivity (Wildman–Crippen MR) is 53.7 cm³/mol. The molecule has 0 unspecified atom stereocenters. The molecule has 0 spiro atoms. The largest absolute Gasteiger partial charge is 0.432 e. The average molecular weight is 248 g/mol. The summed E-state index contributed by atoms with van der Waals surface area (Å²) in [5, 5.41) is -0.364. The molecule has 0 radical (unpaired) electrons. The van der Waals surface area contributed by atoms with Gasteiger partial charge in [0.1, 0.15) is 5.69 Å². The third-order valence-corrected chi connectivity index (χ3v) is 2.58. The van der Waals surface area contributed by atoms with E-state index < -0.39 is 16.9 Å². The zero-order valence-electron chi connectivity index (χ0n) is 7.73. The second kappa shape index (κ2) is 3.52. The maximum atomic E-state index is 12.5. The molecule has 0 saturated carbocycles. The Bertz CT molecular complexity index is 559. The third kappa shape index (κ3) is 1.57. The maximum absolute atomic E-state index is 12.5. The highest BCUT2D eigenvalue weighted by Gasteiger charge is 2.36. The van der Waals surface area contributed by atoms with Crippen molar-refractivity contribution in [1.29, 1.82) is 0 Å². The number of aldehydes is 1. The fraction of sp³-hybridized carbons (Fsp3) is 0.100. The van der Waals surface area contributed by atoms with Crippen LogP contribution in [0.4, 0.5) is 13.2 Å². The first kappa shape index (κ1) is 11.0. The van der Waals surface area contributed by atoms with Crippen molar-refractivity contribution in [3.8, 4) is 0 Å². The number of fused-ring (bicyclic) bond motifs is 1. The van der Waals surface area contributed by atoms with Gasteiger partial charge in [0, 0.05) is 16.5 Å². The van der Waals surface area contributed by atoms with E-state index in [1.165, 1.54) is 18.2 Å². The van der Waals surface area contributed by atoms with Gasteiger partial charge in [-0.15, -0.1) is 0 Å². The van der Waals surface area contributed by atoms with E-state index in [9.17, 15) is 18.0 Å². The van der Waals surface area contributed by atoms with E-state index in [0.29, 0.717) is 6.29 Å². The summed E-state index contributed by atoms with van der Waals surface area (Å²) in [7, 11) is 0. The molecule has 6 heteroatoms. The molecule has 1 heterocycles. The minimum absolute atomic E-state index is 0.103. The monoisotopic (exact) mass is 247 g/mol. The summed E-state index contributed by atoms with van der Waals surface area (Å²) >= 11 is 5.62. The zero-order valence-corrected chi connectivity index (χ0v) is 8.49. The van der Waals surface area contributed by atoms with Crippen LogP contribution in [0.15, 0.2) is 18.2 Å². The minimum Gasteiger partial charge on any atom is -0.350 e. The Morgan fingerprint density at radius 2 is 2.00 bits per heavy atom. The predicted octanol–water partition coefficient (Wildman–Crippen LogP) is 3.65. The first-order valence-electron chi connectivity index (χ1n) is 4.27. The van der Waals surface area contributed by atoms with Crippen molar-refractivity contribution in [2.75, 3.05) is 0 Å². The van der Waals surface area contributed by atoms with Gasteiger partial charge >= 0.3 is 6.18 Å². The molecular weight excluding hydrogens is 243 g/mol. The molecule has 0 aliphatic rings. The number of hydrogen-bond acceptors (Lipinski definition) is 1. The lowest BCUT2D eigenvalue weighted by Crippen LogP contribution is -2.05. The van der Waals surface area contributed by atoms with Gasteiger partial charge in [0.15, 0.2) is 6.29 Å². The van der Waals surface area contributed by atoms with Gasteiger partial charge in [-0.2, -0.15) is 13.2 Å². The smallest absolute Gasteiger partial charge is 0.350 e. The number of carbonyl (C=O) groups excluding carboxylic acids is 1. The van der Waals surface area contributed by atoms with Crippen LogP contribution in [0.3, 0.4) is 0 Å². The van der Waals surface area contributed by atoms with Gasteiger partial charge in [-0.3, -0.25) is 4.79 Å². The number of hydrogen-bond donors (Lipinski definition) is 1. The fourth-order valence-electron chi connectivity index (χ4n) is 1.53. The normalized spacial score (nSPS) is 12.0. The van der Waals surface area contributed by atoms with Gasteiger partial charge in [0.25, 0.3) is 0 Å². The van der Waals surface area contributed by atoms with Crippen LogP contribution >= 0.6 is 11.6 Å². The molecule has 2 nitrogen and oxygen atoms in total. The van der Waals surface area contributed by atoms with Gasteiger partial charge in [0.05, 0.1) is 5.02 Å². The molecule has 1 aromatic carbocycles.